The average molecular weight is 517 g/mol. The van der Waals surface area contributed by atoms with Gasteiger partial charge in [-0.2, -0.15) is 0 Å². The van der Waals surface area contributed by atoms with Gasteiger partial charge in [-0.05, 0) is 73.2 Å². The number of carbonyl (C=O) groups is 2. The number of esters is 1. The minimum absolute atomic E-state index is 0.0349. The Morgan fingerprint density at radius 2 is 1.89 bits per heavy atom. The first kappa shape index (κ1) is 24.9. The van der Waals surface area contributed by atoms with Crippen LogP contribution in [0.4, 0.5) is 4.39 Å². The molecule has 3 heterocycles. The van der Waals surface area contributed by atoms with E-state index in [2.05, 4.69) is 4.57 Å². The molecule has 0 radical (unpaired) electrons. The predicted molar refractivity (Wildman–Crippen MR) is 144 cm³/mol. The Morgan fingerprint density at radius 3 is 2.66 bits per heavy atom. The number of methoxy groups -OCH3 is 1. The van der Waals surface area contributed by atoms with Gasteiger partial charge in [-0.1, -0.05) is 25.3 Å². The highest BCUT2D eigenvalue weighted by Gasteiger charge is 2.32. The van der Waals surface area contributed by atoms with Crippen LogP contribution in [-0.4, -0.2) is 54.3 Å². The van der Waals surface area contributed by atoms with Crippen LogP contribution < -0.4 is 0 Å². The van der Waals surface area contributed by atoms with E-state index >= 15 is 0 Å². The van der Waals surface area contributed by atoms with E-state index in [1.165, 1.54) is 44.1 Å². The Kier molecular flexibility index (Phi) is 6.56. The number of halogens is 1. The molecular formula is C31H33FN2O4. The third kappa shape index (κ3) is 4.33. The molecule has 2 aliphatic heterocycles. The highest BCUT2D eigenvalue weighted by atomic mass is 19.1. The quantitative estimate of drug-likeness (QED) is 0.405. The third-order valence-electron chi connectivity index (χ3n) is 8.27. The van der Waals surface area contributed by atoms with Gasteiger partial charge in [-0.25, -0.2) is 9.18 Å². The molecule has 7 heteroatoms. The van der Waals surface area contributed by atoms with Crippen LogP contribution >= 0.6 is 0 Å². The van der Waals surface area contributed by atoms with Gasteiger partial charge in [0.2, 0.25) is 0 Å². The maximum absolute atomic E-state index is 14.6. The second-order valence-electron chi connectivity index (χ2n) is 10.7. The number of hydrogen-bond donors (Lipinski definition) is 0. The lowest BCUT2D eigenvalue weighted by molar-refractivity contribution is -0.134. The molecule has 2 aromatic carbocycles. The van der Waals surface area contributed by atoms with E-state index in [0.717, 1.165) is 35.0 Å². The SMILES string of the molecule is COC(=O)c1ccc2c(C3CCCCC3)c3n(c2c1)CC(C(=O)N1CCOC(C)C1)=Cc1cc(F)ccc1-3. The van der Waals surface area contributed by atoms with Gasteiger partial charge < -0.3 is 18.9 Å². The van der Waals surface area contributed by atoms with Gasteiger partial charge in [0.05, 0.1) is 37.6 Å². The van der Waals surface area contributed by atoms with Crippen molar-refractivity contribution in [3.8, 4) is 11.3 Å². The van der Waals surface area contributed by atoms with Gasteiger partial charge in [0.15, 0.2) is 0 Å². The molecule has 198 valence electrons. The zero-order valence-corrected chi connectivity index (χ0v) is 22.0. The molecule has 0 N–H and O–H groups in total. The minimum Gasteiger partial charge on any atom is -0.465 e. The molecule has 38 heavy (non-hydrogen) atoms. The number of fused-ring (bicyclic) bond motifs is 5. The summed E-state index contributed by atoms with van der Waals surface area (Å²) in [6, 6.07) is 10.6. The predicted octanol–water partition coefficient (Wildman–Crippen LogP) is 5.93. The number of aromatic nitrogens is 1. The Balaban J connectivity index is 1.58. The van der Waals surface area contributed by atoms with Gasteiger partial charge >= 0.3 is 5.97 Å². The summed E-state index contributed by atoms with van der Waals surface area (Å²) in [6.45, 7) is 3.84. The average Bonchev–Trinajstić information content (AvgIpc) is 3.15. The van der Waals surface area contributed by atoms with Crippen molar-refractivity contribution in [2.45, 2.75) is 57.6 Å². The van der Waals surface area contributed by atoms with Crippen molar-refractivity contribution in [3.05, 3.63) is 64.5 Å². The molecule has 1 aromatic heterocycles. The van der Waals surface area contributed by atoms with Crippen LogP contribution in [0.5, 0.6) is 0 Å². The Labute approximate surface area is 222 Å². The molecule has 2 fully saturated rings. The maximum Gasteiger partial charge on any atom is 0.337 e. The molecule has 0 bridgehead atoms. The van der Waals surface area contributed by atoms with Crippen LogP contribution in [0.2, 0.25) is 0 Å². The molecule has 1 amide bonds. The van der Waals surface area contributed by atoms with Gasteiger partial charge in [0.1, 0.15) is 5.82 Å². The molecular weight excluding hydrogens is 483 g/mol. The molecule has 3 aromatic rings. The van der Waals surface area contributed by atoms with Gasteiger partial charge in [-0.3, -0.25) is 4.79 Å². The molecule has 1 saturated carbocycles. The van der Waals surface area contributed by atoms with Crippen molar-refractivity contribution in [1.29, 1.82) is 0 Å². The lowest BCUT2D eigenvalue weighted by atomic mass is 9.81. The first-order chi connectivity index (χ1) is 18.4. The molecule has 6 nitrogen and oxygen atoms in total. The van der Waals surface area contributed by atoms with E-state index < -0.39 is 5.97 Å². The summed E-state index contributed by atoms with van der Waals surface area (Å²) in [4.78, 5) is 28.2. The number of carbonyl (C=O) groups excluding carboxylic acids is 2. The first-order valence-corrected chi connectivity index (χ1v) is 13.6. The summed E-state index contributed by atoms with van der Waals surface area (Å²) in [5, 5.41) is 1.09. The lowest BCUT2D eigenvalue weighted by Crippen LogP contribution is -2.45. The number of hydrogen-bond acceptors (Lipinski definition) is 4. The smallest absolute Gasteiger partial charge is 0.337 e. The number of amides is 1. The van der Waals surface area contributed by atoms with Crippen LogP contribution in [0.15, 0.2) is 42.0 Å². The molecule has 0 spiro atoms. The van der Waals surface area contributed by atoms with Gasteiger partial charge in [-0.15, -0.1) is 0 Å². The topological polar surface area (TPSA) is 60.8 Å². The second kappa shape index (κ2) is 10.0. The van der Waals surface area contributed by atoms with E-state index in [1.807, 2.05) is 42.2 Å². The number of benzene rings is 2. The van der Waals surface area contributed by atoms with Crippen molar-refractivity contribution < 1.29 is 23.5 Å². The highest BCUT2D eigenvalue weighted by molar-refractivity contribution is 6.03. The maximum atomic E-state index is 14.6. The molecule has 3 aliphatic rings. The summed E-state index contributed by atoms with van der Waals surface area (Å²) in [7, 11) is 1.38. The summed E-state index contributed by atoms with van der Waals surface area (Å²) < 4.78 is 27.4. The fourth-order valence-corrected chi connectivity index (χ4v) is 6.49. The van der Waals surface area contributed by atoms with Crippen LogP contribution in [0, 0.1) is 5.82 Å². The second-order valence-corrected chi connectivity index (χ2v) is 10.7. The van der Waals surface area contributed by atoms with Crippen molar-refractivity contribution >= 4 is 28.9 Å². The largest absolute Gasteiger partial charge is 0.465 e. The summed E-state index contributed by atoms with van der Waals surface area (Å²) >= 11 is 0. The third-order valence-corrected chi connectivity index (χ3v) is 8.27. The normalized spacial score (nSPS) is 19.9. The number of morpholine rings is 1. The van der Waals surface area contributed by atoms with E-state index in [-0.39, 0.29) is 17.8 Å². The molecule has 1 atom stereocenters. The van der Waals surface area contributed by atoms with Gasteiger partial charge in [0, 0.05) is 35.1 Å². The van der Waals surface area contributed by atoms with Crippen molar-refractivity contribution in [3.63, 3.8) is 0 Å². The van der Waals surface area contributed by atoms with Crippen LogP contribution in [0.1, 0.15) is 66.4 Å². The summed E-state index contributed by atoms with van der Waals surface area (Å²) in [6.07, 6.45) is 7.58. The molecule has 1 unspecified atom stereocenters. The molecule has 1 aliphatic carbocycles. The molecule has 6 rings (SSSR count). The standard InChI is InChI=1S/C31H33FN2O4/c1-19-17-33(12-13-38-19)30(35)23-14-22-15-24(32)9-11-25(22)29-28(20-6-4-3-5-7-20)26-10-8-21(31(36)37-2)16-27(26)34(29)18-23/h8-11,14-16,19-20H,3-7,12-13,17-18H2,1-2H3. The summed E-state index contributed by atoms with van der Waals surface area (Å²) in [5.41, 5.74) is 5.86. The van der Waals surface area contributed by atoms with Crippen LogP contribution in [-0.2, 0) is 20.8 Å². The Hall–Kier alpha value is -3.45. The van der Waals surface area contributed by atoms with E-state index in [1.54, 1.807) is 0 Å². The van der Waals surface area contributed by atoms with Gasteiger partial charge in [0.25, 0.3) is 5.91 Å². The molecule has 1 saturated heterocycles. The number of ether oxygens (including phenoxy) is 2. The zero-order chi connectivity index (χ0) is 26.4. The Morgan fingerprint density at radius 1 is 1.08 bits per heavy atom. The van der Waals surface area contributed by atoms with Crippen LogP contribution in [0.3, 0.4) is 0 Å². The number of rotatable bonds is 3. The minimum atomic E-state index is -0.396. The van der Waals surface area contributed by atoms with E-state index in [4.69, 9.17) is 9.47 Å². The zero-order valence-electron chi connectivity index (χ0n) is 22.0. The summed E-state index contributed by atoms with van der Waals surface area (Å²) in [5.74, 6) is -0.425. The van der Waals surface area contributed by atoms with Crippen LogP contribution in [0.25, 0.3) is 28.2 Å². The van der Waals surface area contributed by atoms with Crippen molar-refractivity contribution in [2.24, 2.45) is 0 Å². The fourth-order valence-electron chi connectivity index (χ4n) is 6.49. The van der Waals surface area contributed by atoms with Crippen molar-refractivity contribution in [1.82, 2.24) is 9.47 Å². The Bertz CT molecular complexity index is 1450. The van der Waals surface area contributed by atoms with Crippen molar-refractivity contribution in [2.75, 3.05) is 26.8 Å². The fraction of sp³-hybridized carbons (Fsp3) is 0.419. The number of nitrogens with zero attached hydrogens (tertiary/aromatic N) is 2. The van der Waals surface area contributed by atoms with E-state index in [9.17, 15) is 14.0 Å². The highest BCUT2D eigenvalue weighted by Crippen LogP contribution is 2.46. The lowest BCUT2D eigenvalue weighted by Gasteiger charge is -2.32. The van der Waals surface area contributed by atoms with E-state index in [0.29, 0.717) is 48.9 Å². The first-order valence-electron chi connectivity index (χ1n) is 13.6. The monoisotopic (exact) mass is 516 g/mol.